The zero-order valence-corrected chi connectivity index (χ0v) is 13.7. The highest BCUT2D eigenvalue weighted by Gasteiger charge is 2.10. The highest BCUT2D eigenvalue weighted by molar-refractivity contribution is 5.78. The molecule has 0 saturated heterocycles. The number of rotatable bonds is 5. The van der Waals surface area contributed by atoms with Gasteiger partial charge in [-0.2, -0.15) is 0 Å². The smallest absolute Gasteiger partial charge is 0.310 e. The van der Waals surface area contributed by atoms with Crippen LogP contribution in [0.1, 0.15) is 12.5 Å². The van der Waals surface area contributed by atoms with E-state index in [1.165, 1.54) is 11.1 Å². The van der Waals surface area contributed by atoms with Crippen LogP contribution >= 0.6 is 0 Å². The standard InChI is InChI=1S/C22H20O2/c1-2-24-22(23)16-20-10-6-7-11-21(20)19-14-12-18(13-15-19)17-8-4-3-5-9-17/h3-15H,2,16H2,1H3. The average molecular weight is 316 g/mol. The molecular formula is C22H20O2. The fourth-order valence-corrected chi connectivity index (χ4v) is 2.80. The zero-order valence-electron chi connectivity index (χ0n) is 13.7. The van der Waals surface area contributed by atoms with E-state index >= 15 is 0 Å². The van der Waals surface area contributed by atoms with Gasteiger partial charge < -0.3 is 4.74 Å². The quantitative estimate of drug-likeness (QED) is 0.610. The average Bonchev–Trinajstić information content (AvgIpc) is 2.63. The summed E-state index contributed by atoms with van der Waals surface area (Å²) in [6.45, 7) is 2.24. The van der Waals surface area contributed by atoms with E-state index in [4.69, 9.17) is 4.74 Å². The molecule has 0 heterocycles. The molecule has 3 aromatic carbocycles. The van der Waals surface area contributed by atoms with Crippen LogP contribution in [-0.2, 0) is 16.0 Å². The molecule has 0 spiro atoms. The molecule has 0 saturated carbocycles. The first-order valence-electron chi connectivity index (χ1n) is 8.17. The molecule has 3 aromatic rings. The van der Waals surface area contributed by atoms with E-state index in [0.29, 0.717) is 13.0 Å². The zero-order chi connectivity index (χ0) is 16.8. The third-order valence-corrected chi connectivity index (χ3v) is 3.96. The normalized spacial score (nSPS) is 10.4. The minimum atomic E-state index is -0.189. The van der Waals surface area contributed by atoms with Crippen LogP contribution < -0.4 is 0 Å². The number of esters is 1. The highest BCUT2D eigenvalue weighted by Crippen LogP contribution is 2.27. The number of carbonyl (C=O) groups is 1. The fourth-order valence-electron chi connectivity index (χ4n) is 2.80. The van der Waals surface area contributed by atoms with Crippen LogP contribution in [0.2, 0.25) is 0 Å². The van der Waals surface area contributed by atoms with Gasteiger partial charge in [0.1, 0.15) is 0 Å². The van der Waals surface area contributed by atoms with Crippen LogP contribution in [0.5, 0.6) is 0 Å². The summed E-state index contributed by atoms with van der Waals surface area (Å²) in [5.41, 5.74) is 5.55. The Morgan fingerprint density at radius 3 is 2.04 bits per heavy atom. The van der Waals surface area contributed by atoms with Crippen molar-refractivity contribution in [2.75, 3.05) is 6.61 Å². The summed E-state index contributed by atoms with van der Waals surface area (Å²) < 4.78 is 5.07. The second kappa shape index (κ2) is 7.60. The topological polar surface area (TPSA) is 26.3 Å². The van der Waals surface area contributed by atoms with Gasteiger partial charge in [-0.1, -0.05) is 78.9 Å². The molecule has 3 rings (SSSR count). The third kappa shape index (κ3) is 3.72. The van der Waals surface area contributed by atoms with Gasteiger partial charge in [0.2, 0.25) is 0 Å². The summed E-state index contributed by atoms with van der Waals surface area (Å²) in [6, 6.07) is 26.7. The lowest BCUT2D eigenvalue weighted by molar-refractivity contribution is -0.142. The maximum absolute atomic E-state index is 11.8. The lowest BCUT2D eigenvalue weighted by atomic mass is 9.95. The molecule has 0 aliphatic heterocycles. The van der Waals surface area contributed by atoms with Gasteiger partial charge >= 0.3 is 5.97 Å². The van der Waals surface area contributed by atoms with Crippen molar-refractivity contribution < 1.29 is 9.53 Å². The first kappa shape index (κ1) is 16.0. The molecule has 2 heteroatoms. The van der Waals surface area contributed by atoms with E-state index in [-0.39, 0.29) is 5.97 Å². The Hall–Kier alpha value is -2.87. The largest absolute Gasteiger partial charge is 0.466 e. The SMILES string of the molecule is CCOC(=O)Cc1ccccc1-c1ccc(-c2ccccc2)cc1. The predicted molar refractivity (Wildman–Crippen MR) is 97.7 cm³/mol. The van der Waals surface area contributed by atoms with Gasteiger partial charge in [0, 0.05) is 0 Å². The Balaban J connectivity index is 1.88. The number of benzene rings is 3. The Kier molecular flexibility index (Phi) is 5.07. The molecule has 0 fully saturated rings. The molecule has 0 radical (unpaired) electrons. The van der Waals surface area contributed by atoms with Gasteiger partial charge in [-0.3, -0.25) is 4.79 Å². The maximum Gasteiger partial charge on any atom is 0.310 e. The van der Waals surface area contributed by atoms with Crippen molar-refractivity contribution in [1.29, 1.82) is 0 Å². The van der Waals surface area contributed by atoms with Crippen molar-refractivity contribution in [3.05, 3.63) is 84.4 Å². The summed E-state index contributed by atoms with van der Waals surface area (Å²) in [5.74, 6) is -0.189. The van der Waals surface area contributed by atoms with Crippen molar-refractivity contribution in [2.24, 2.45) is 0 Å². The highest BCUT2D eigenvalue weighted by atomic mass is 16.5. The summed E-state index contributed by atoms with van der Waals surface area (Å²) in [7, 11) is 0. The van der Waals surface area contributed by atoms with E-state index < -0.39 is 0 Å². The molecule has 120 valence electrons. The second-order valence-electron chi connectivity index (χ2n) is 5.58. The van der Waals surface area contributed by atoms with E-state index in [2.05, 4.69) is 36.4 Å². The van der Waals surface area contributed by atoms with Gasteiger partial charge in [0.05, 0.1) is 13.0 Å². The first-order valence-corrected chi connectivity index (χ1v) is 8.17. The van der Waals surface area contributed by atoms with Gasteiger partial charge in [-0.25, -0.2) is 0 Å². The summed E-state index contributed by atoms with van der Waals surface area (Å²) in [4.78, 5) is 11.8. The van der Waals surface area contributed by atoms with Crippen LogP contribution in [0, 0.1) is 0 Å². The van der Waals surface area contributed by atoms with Crippen LogP contribution in [0.4, 0.5) is 0 Å². The monoisotopic (exact) mass is 316 g/mol. The number of hydrogen-bond acceptors (Lipinski definition) is 2. The van der Waals surface area contributed by atoms with Crippen LogP contribution in [-0.4, -0.2) is 12.6 Å². The molecule has 0 unspecified atom stereocenters. The van der Waals surface area contributed by atoms with Gasteiger partial charge in [-0.05, 0) is 34.7 Å². The molecule has 0 aliphatic carbocycles. The van der Waals surface area contributed by atoms with Gasteiger partial charge in [0.25, 0.3) is 0 Å². The van der Waals surface area contributed by atoms with Crippen molar-refractivity contribution in [3.8, 4) is 22.3 Å². The lowest BCUT2D eigenvalue weighted by Gasteiger charge is -2.10. The molecule has 0 aromatic heterocycles. The van der Waals surface area contributed by atoms with E-state index in [9.17, 15) is 4.79 Å². The van der Waals surface area contributed by atoms with Gasteiger partial charge in [-0.15, -0.1) is 0 Å². The van der Waals surface area contributed by atoms with Crippen molar-refractivity contribution in [3.63, 3.8) is 0 Å². The number of ether oxygens (including phenoxy) is 1. The minimum Gasteiger partial charge on any atom is -0.466 e. The van der Waals surface area contributed by atoms with E-state index in [1.807, 2.05) is 49.4 Å². The lowest BCUT2D eigenvalue weighted by Crippen LogP contribution is -2.08. The van der Waals surface area contributed by atoms with Gasteiger partial charge in [0.15, 0.2) is 0 Å². The van der Waals surface area contributed by atoms with E-state index in [1.54, 1.807) is 0 Å². The summed E-state index contributed by atoms with van der Waals surface area (Å²) >= 11 is 0. The molecule has 0 amide bonds. The first-order chi connectivity index (χ1) is 11.8. The molecule has 0 bridgehead atoms. The molecule has 24 heavy (non-hydrogen) atoms. The Morgan fingerprint density at radius 1 is 0.750 bits per heavy atom. The predicted octanol–water partition coefficient (Wildman–Crippen LogP) is 5.13. The van der Waals surface area contributed by atoms with E-state index in [0.717, 1.165) is 16.7 Å². The van der Waals surface area contributed by atoms with Crippen LogP contribution in [0.3, 0.4) is 0 Å². The van der Waals surface area contributed by atoms with Crippen molar-refractivity contribution in [2.45, 2.75) is 13.3 Å². The van der Waals surface area contributed by atoms with Crippen LogP contribution in [0.15, 0.2) is 78.9 Å². The molecule has 0 N–H and O–H groups in total. The summed E-state index contributed by atoms with van der Waals surface area (Å²) in [5, 5.41) is 0. The van der Waals surface area contributed by atoms with Crippen molar-refractivity contribution in [1.82, 2.24) is 0 Å². The molecular weight excluding hydrogens is 296 g/mol. The fraction of sp³-hybridized carbons (Fsp3) is 0.136. The maximum atomic E-state index is 11.8. The Labute approximate surface area is 142 Å². The molecule has 2 nitrogen and oxygen atoms in total. The summed E-state index contributed by atoms with van der Waals surface area (Å²) in [6.07, 6.45) is 0.296. The molecule has 0 aliphatic rings. The van der Waals surface area contributed by atoms with Crippen molar-refractivity contribution >= 4 is 5.97 Å². The Morgan fingerprint density at radius 2 is 1.33 bits per heavy atom. The minimum absolute atomic E-state index is 0.189. The molecule has 0 atom stereocenters. The van der Waals surface area contributed by atoms with Crippen LogP contribution in [0.25, 0.3) is 22.3 Å². The number of carbonyl (C=O) groups excluding carboxylic acids is 1. The Bertz CT molecular complexity index is 805. The third-order valence-electron chi connectivity index (χ3n) is 3.96. The second-order valence-corrected chi connectivity index (χ2v) is 5.58. The number of hydrogen-bond donors (Lipinski definition) is 0.